The minimum atomic E-state index is 0.0713. The first-order valence-electron chi connectivity index (χ1n) is 7.39. The molecule has 2 unspecified atom stereocenters. The zero-order chi connectivity index (χ0) is 14.1. The third-order valence-corrected chi connectivity index (χ3v) is 4.57. The Morgan fingerprint density at radius 1 is 1.25 bits per heavy atom. The summed E-state index contributed by atoms with van der Waals surface area (Å²) in [6.07, 6.45) is 4.36. The van der Waals surface area contributed by atoms with Crippen molar-refractivity contribution < 1.29 is 9.53 Å². The maximum Gasteiger partial charge on any atom is 0.253 e. The number of amides is 1. The van der Waals surface area contributed by atoms with E-state index in [9.17, 15) is 4.79 Å². The molecule has 1 aromatic rings. The standard InChI is InChI=1S/C16H22N2O2/c1-18(15-5-3-2-4-14(15)17)16(19)11-6-7-12-9-20-10-13(12)8-11/h6-8,14-15H,2-5,9-10,17H2,1H3. The number of hydrogen-bond donors (Lipinski definition) is 1. The van der Waals surface area contributed by atoms with Crippen molar-refractivity contribution >= 4 is 5.91 Å². The van der Waals surface area contributed by atoms with Crippen molar-refractivity contribution in [2.24, 2.45) is 5.73 Å². The summed E-state index contributed by atoms with van der Waals surface area (Å²) in [4.78, 5) is 14.5. The molecule has 4 heteroatoms. The Labute approximate surface area is 119 Å². The van der Waals surface area contributed by atoms with E-state index in [4.69, 9.17) is 10.5 Å². The van der Waals surface area contributed by atoms with Crippen LogP contribution in [0, 0.1) is 0 Å². The van der Waals surface area contributed by atoms with Gasteiger partial charge in [0.25, 0.3) is 5.91 Å². The summed E-state index contributed by atoms with van der Waals surface area (Å²) in [5.41, 5.74) is 9.25. The highest BCUT2D eigenvalue weighted by Crippen LogP contribution is 2.25. The van der Waals surface area contributed by atoms with E-state index in [2.05, 4.69) is 0 Å². The second-order valence-electron chi connectivity index (χ2n) is 5.91. The first-order valence-corrected chi connectivity index (χ1v) is 7.39. The molecule has 0 bridgehead atoms. The van der Waals surface area contributed by atoms with E-state index >= 15 is 0 Å². The number of rotatable bonds is 2. The summed E-state index contributed by atoms with van der Waals surface area (Å²) < 4.78 is 5.40. The van der Waals surface area contributed by atoms with Crippen LogP contribution in [0.5, 0.6) is 0 Å². The molecular weight excluding hydrogens is 252 g/mol. The minimum Gasteiger partial charge on any atom is -0.372 e. The zero-order valence-electron chi connectivity index (χ0n) is 12.0. The number of carbonyl (C=O) groups is 1. The summed E-state index contributed by atoms with van der Waals surface area (Å²) in [7, 11) is 1.88. The quantitative estimate of drug-likeness (QED) is 0.898. The monoisotopic (exact) mass is 274 g/mol. The molecule has 0 saturated heterocycles. The lowest BCUT2D eigenvalue weighted by atomic mass is 9.89. The maximum atomic E-state index is 12.6. The van der Waals surface area contributed by atoms with E-state index in [1.807, 2.05) is 30.1 Å². The van der Waals surface area contributed by atoms with Crippen LogP contribution in [0.1, 0.15) is 47.2 Å². The largest absolute Gasteiger partial charge is 0.372 e. The first-order chi connectivity index (χ1) is 9.66. The number of nitrogens with two attached hydrogens (primary N) is 1. The lowest BCUT2D eigenvalue weighted by molar-refractivity contribution is 0.0672. The van der Waals surface area contributed by atoms with E-state index in [0.717, 1.165) is 30.4 Å². The van der Waals surface area contributed by atoms with Crippen LogP contribution in [-0.2, 0) is 18.0 Å². The van der Waals surface area contributed by atoms with Gasteiger partial charge in [-0.1, -0.05) is 18.9 Å². The van der Waals surface area contributed by atoms with Crippen molar-refractivity contribution in [3.05, 3.63) is 34.9 Å². The zero-order valence-corrected chi connectivity index (χ0v) is 12.0. The molecule has 2 atom stereocenters. The maximum absolute atomic E-state index is 12.6. The average molecular weight is 274 g/mol. The van der Waals surface area contributed by atoms with Gasteiger partial charge in [0.05, 0.1) is 13.2 Å². The van der Waals surface area contributed by atoms with E-state index in [1.54, 1.807) is 0 Å². The number of ether oxygens (including phenoxy) is 1. The van der Waals surface area contributed by atoms with Gasteiger partial charge in [0, 0.05) is 24.7 Å². The molecular formula is C16H22N2O2. The van der Waals surface area contributed by atoms with Crippen LogP contribution in [-0.4, -0.2) is 29.9 Å². The molecule has 1 aliphatic carbocycles. The molecule has 1 aromatic carbocycles. The Hall–Kier alpha value is -1.39. The number of benzene rings is 1. The van der Waals surface area contributed by atoms with Gasteiger partial charge in [-0.3, -0.25) is 4.79 Å². The van der Waals surface area contributed by atoms with Gasteiger partial charge in [0.15, 0.2) is 0 Å². The van der Waals surface area contributed by atoms with Crippen LogP contribution >= 0.6 is 0 Å². The summed E-state index contributed by atoms with van der Waals surface area (Å²) in [6, 6.07) is 6.15. The Bertz CT molecular complexity index is 515. The molecule has 0 aromatic heterocycles. The molecule has 0 spiro atoms. The first kappa shape index (κ1) is 13.6. The summed E-state index contributed by atoms with van der Waals surface area (Å²) >= 11 is 0. The highest BCUT2D eigenvalue weighted by atomic mass is 16.5. The van der Waals surface area contributed by atoms with Gasteiger partial charge < -0.3 is 15.4 Å². The van der Waals surface area contributed by atoms with E-state index in [1.165, 1.54) is 12.0 Å². The lowest BCUT2D eigenvalue weighted by Crippen LogP contribution is -2.50. The predicted molar refractivity (Wildman–Crippen MR) is 77.3 cm³/mol. The minimum absolute atomic E-state index is 0.0713. The van der Waals surface area contributed by atoms with Crippen molar-refractivity contribution in [2.45, 2.75) is 51.0 Å². The fourth-order valence-electron chi connectivity index (χ4n) is 3.28. The van der Waals surface area contributed by atoms with Gasteiger partial charge in [0.2, 0.25) is 0 Å². The van der Waals surface area contributed by atoms with Crippen LogP contribution in [0.4, 0.5) is 0 Å². The smallest absolute Gasteiger partial charge is 0.253 e. The third-order valence-electron chi connectivity index (χ3n) is 4.57. The highest BCUT2D eigenvalue weighted by molar-refractivity contribution is 5.94. The highest BCUT2D eigenvalue weighted by Gasteiger charge is 2.29. The molecule has 108 valence electrons. The fourth-order valence-corrected chi connectivity index (χ4v) is 3.28. The molecule has 20 heavy (non-hydrogen) atoms. The number of carbonyl (C=O) groups excluding carboxylic acids is 1. The van der Waals surface area contributed by atoms with Crippen LogP contribution < -0.4 is 5.73 Å². The number of hydrogen-bond acceptors (Lipinski definition) is 3. The summed E-state index contributed by atoms with van der Waals surface area (Å²) in [5.74, 6) is 0.0713. The average Bonchev–Trinajstić information content (AvgIpc) is 2.93. The lowest BCUT2D eigenvalue weighted by Gasteiger charge is -2.36. The molecule has 1 amide bonds. The topological polar surface area (TPSA) is 55.6 Å². The van der Waals surface area contributed by atoms with Gasteiger partial charge in [-0.25, -0.2) is 0 Å². The molecule has 1 aliphatic heterocycles. The van der Waals surface area contributed by atoms with E-state index < -0.39 is 0 Å². The Balaban J connectivity index is 1.77. The van der Waals surface area contributed by atoms with Crippen molar-refractivity contribution in [1.29, 1.82) is 0 Å². The summed E-state index contributed by atoms with van der Waals surface area (Å²) in [5, 5.41) is 0. The molecule has 1 fully saturated rings. The number of likely N-dealkylation sites (N-methyl/N-ethyl adjacent to an activating group) is 1. The Kier molecular flexibility index (Phi) is 3.76. The van der Waals surface area contributed by atoms with Crippen molar-refractivity contribution in [3.63, 3.8) is 0 Å². The van der Waals surface area contributed by atoms with Crippen molar-refractivity contribution in [2.75, 3.05) is 7.05 Å². The predicted octanol–water partition coefficient (Wildman–Crippen LogP) is 2.06. The summed E-state index contributed by atoms with van der Waals surface area (Å²) in [6.45, 7) is 1.27. The normalized spacial score (nSPS) is 25.3. The molecule has 0 radical (unpaired) electrons. The van der Waals surface area contributed by atoms with E-state index in [-0.39, 0.29) is 18.0 Å². The van der Waals surface area contributed by atoms with Crippen molar-refractivity contribution in [1.82, 2.24) is 4.90 Å². The molecule has 4 nitrogen and oxygen atoms in total. The molecule has 1 saturated carbocycles. The van der Waals surface area contributed by atoms with Crippen molar-refractivity contribution in [3.8, 4) is 0 Å². The van der Waals surface area contributed by atoms with Crippen LogP contribution in [0.15, 0.2) is 18.2 Å². The van der Waals surface area contributed by atoms with Crippen LogP contribution in [0.2, 0.25) is 0 Å². The second kappa shape index (κ2) is 5.54. The molecule has 3 rings (SSSR count). The van der Waals surface area contributed by atoms with Gasteiger partial charge in [-0.15, -0.1) is 0 Å². The second-order valence-corrected chi connectivity index (χ2v) is 5.91. The Morgan fingerprint density at radius 3 is 2.80 bits per heavy atom. The third kappa shape index (κ3) is 2.45. The molecule has 2 N–H and O–H groups in total. The van der Waals surface area contributed by atoms with Gasteiger partial charge in [-0.2, -0.15) is 0 Å². The molecule has 1 heterocycles. The fraction of sp³-hybridized carbons (Fsp3) is 0.562. The van der Waals surface area contributed by atoms with Crippen LogP contribution in [0.3, 0.4) is 0 Å². The number of fused-ring (bicyclic) bond motifs is 1. The van der Waals surface area contributed by atoms with Crippen LogP contribution in [0.25, 0.3) is 0 Å². The Morgan fingerprint density at radius 2 is 2.00 bits per heavy atom. The van der Waals surface area contributed by atoms with Gasteiger partial charge >= 0.3 is 0 Å². The SMILES string of the molecule is CN(C(=O)c1ccc2c(c1)COC2)C1CCCCC1N. The van der Waals surface area contributed by atoms with Gasteiger partial charge in [-0.05, 0) is 36.1 Å². The van der Waals surface area contributed by atoms with E-state index in [0.29, 0.717) is 13.2 Å². The number of nitrogens with zero attached hydrogens (tertiary/aromatic N) is 1. The van der Waals surface area contributed by atoms with Gasteiger partial charge in [0.1, 0.15) is 0 Å². The molecule has 2 aliphatic rings.